The van der Waals surface area contributed by atoms with Crippen molar-refractivity contribution in [1.29, 1.82) is 0 Å². The molecule has 0 aromatic heterocycles. The second-order valence-corrected chi connectivity index (χ2v) is 5.46. The first-order valence-corrected chi connectivity index (χ1v) is 6.10. The maximum absolute atomic E-state index is 6.03. The van der Waals surface area contributed by atoms with E-state index >= 15 is 0 Å². The van der Waals surface area contributed by atoms with Crippen molar-refractivity contribution < 1.29 is 0 Å². The molecule has 3 heteroatoms. The van der Waals surface area contributed by atoms with Gasteiger partial charge >= 0.3 is 0 Å². The van der Waals surface area contributed by atoms with E-state index in [4.69, 9.17) is 5.73 Å². The summed E-state index contributed by atoms with van der Waals surface area (Å²) in [5.74, 6) is 0.479. The molecule has 0 spiro atoms. The van der Waals surface area contributed by atoms with Gasteiger partial charge in [0.15, 0.2) is 0 Å². The van der Waals surface area contributed by atoms with E-state index in [1.54, 1.807) is 0 Å². The number of hydrogen-bond acceptors (Lipinski definition) is 1. The van der Waals surface area contributed by atoms with Crippen molar-refractivity contribution in [2.24, 2.45) is 11.7 Å². The molecule has 0 aliphatic rings. The first-order chi connectivity index (χ1) is 6.02. The van der Waals surface area contributed by atoms with Crippen LogP contribution in [0.25, 0.3) is 0 Å². The monoisotopic (exact) mass is 353 g/mol. The highest BCUT2D eigenvalue weighted by Crippen LogP contribution is 2.25. The lowest BCUT2D eigenvalue weighted by atomic mass is 9.97. The van der Waals surface area contributed by atoms with E-state index in [0.717, 1.165) is 4.47 Å². The molecular weight excluding hydrogens is 341 g/mol. The second-order valence-electron chi connectivity index (χ2n) is 3.44. The van der Waals surface area contributed by atoms with Crippen molar-refractivity contribution in [2.45, 2.75) is 19.9 Å². The van der Waals surface area contributed by atoms with Gasteiger partial charge in [0.2, 0.25) is 0 Å². The van der Waals surface area contributed by atoms with Crippen LogP contribution in [0.2, 0.25) is 0 Å². The Morgan fingerprint density at radius 1 is 1.38 bits per heavy atom. The van der Waals surface area contributed by atoms with Crippen LogP contribution in [0, 0.1) is 9.49 Å². The van der Waals surface area contributed by atoms with Crippen LogP contribution in [0.15, 0.2) is 22.7 Å². The summed E-state index contributed by atoms with van der Waals surface area (Å²) < 4.78 is 2.35. The van der Waals surface area contributed by atoms with Gasteiger partial charge in [0.05, 0.1) is 0 Å². The highest BCUT2D eigenvalue weighted by atomic mass is 127. The minimum atomic E-state index is 0.133. The Labute approximate surface area is 101 Å². The molecule has 0 aliphatic carbocycles. The molecule has 1 aromatic carbocycles. The molecule has 0 saturated heterocycles. The number of nitrogens with two attached hydrogens (primary N) is 1. The van der Waals surface area contributed by atoms with Crippen LogP contribution in [0.4, 0.5) is 0 Å². The summed E-state index contributed by atoms with van der Waals surface area (Å²) in [7, 11) is 0. The van der Waals surface area contributed by atoms with Crippen molar-refractivity contribution >= 4 is 38.5 Å². The van der Waals surface area contributed by atoms with Crippen LogP contribution in [0.1, 0.15) is 25.5 Å². The third kappa shape index (κ3) is 2.92. The van der Waals surface area contributed by atoms with Crippen LogP contribution in [-0.4, -0.2) is 0 Å². The molecule has 0 bridgehead atoms. The molecule has 1 rings (SSSR count). The molecule has 0 amide bonds. The minimum absolute atomic E-state index is 0.133. The maximum atomic E-state index is 6.03. The van der Waals surface area contributed by atoms with Gasteiger partial charge in [-0.05, 0) is 62.1 Å². The number of rotatable bonds is 2. The topological polar surface area (TPSA) is 26.0 Å². The summed E-state index contributed by atoms with van der Waals surface area (Å²) >= 11 is 5.79. The fraction of sp³-hybridized carbons (Fsp3) is 0.400. The van der Waals surface area contributed by atoms with Crippen molar-refractivity contribution in [3.63, 3.8) is 0 Å². The predicted octanol–water partition coefficient (Wildman–Crippen LogP) is 3.71. The van der Waals surface area contributed by atoms with Gasteiger partial charge in [-0.15, -0.1) is 0 Å². The van der Waals surface area contributed by atoms with Gasteiger partial charge in [-0.1, -0.05) is 19.9 Å². The first-order valence-electron chi connectivity index (χ1n) is 4.23. The Hall–Kier alpha value is 0.390. The predicted molar refractivity (Wildman–Crippen MR) is 68.6 cm³/mol. The molecule has 72 valence electrons. The zero-order valence-corrected chi connectivity index (χ0v) is 11.5. The summed E-state index contributed by atoms with van der Waals surface area (Å²) in [6.45, 7) is 4.27. The molecule has 0 radical (unpaired) electrons. The molecule has 2 N–H and O–H groups in total. The number of benzene rings is 1. The smallest absolute Gasteiger partial charge is 0.0318 e. The summed E-state index contributed by atoms with van der Waals surface area (Å²) in [6.07, 6.45) is 0. The standard InChI is InChI=1S/C10H13BrIN/c1-6(2)10(13)7-3-4-9(12)8(11)5-7/h3-6,10H,13H2,1-2H3/t10-/m1/s1. The third-order valence-electron chi connectivity index (χ3n) is 2.05. The molecule has 0 fully saturated rings. The molecule has 13 heavy (non-hydrogen) atoms. The Kier molecular flexibility index (Phi) is 4.19. The van der Waals surface area contributed by atoms with E-state index in [2.05, 4.69) is 70.6 Å². The van der Waals surface area contributed by atoms with Gasteiger partial charge in [-0.2, -0.15) is 0 Å². The van der Waals surface area contributed by atoms with Gasteiger partial charge < -0.3 is 5.73 Å². The Balaban J connectivity index is 2.97. The van der Waals surface area contributed by atoms with E-state index < -0.39 is 0 Å². The molecule has 0 saturated carbocycles. The average Bonchev–Trinajstić information content (AvgIpc) is 2.08. The summed E-state index contributed by atoms with van der Waals surface area (Å²) in [5, 5.41) is 0. The fourth-order valence-electron chi connectivity index (χ4n) is 1.10. The first kappa shape index (κ1) is 11.5. The van der Waals surface area contributed by atoms with Gasteiger partial charge in [0, 0.05) is 14.1 Å². The van der Waals surface area contributed by atoms with Crippen LogP contribution in [0.3, 0.4) is 0 Å². The SMILES string of the molecule is CC(C)[C@@H](N)c1ccc(I)c(Br)c1. The molecule has 0 unspecified atom stereocenters. The Morgan fingerprint density at radius 2 is 2.00 bits per heavy atom. The maximum Gasteiger partial charge on any atom is 0.0318 e. The summed E-state index contributed by atoms with van der Waals surface area (Å²) in [5.41, 5.74) is 7.23. The number of halogens is 2. The van der Waals surface area contributed by atoms with Gasteiger partial charge in [-0.3, -0.25) is 0 Å². The van der Waals surface area contributed by atoms with Crippen LogP contribution in [0.5, 0.6) is 0 Å². The largest absolute Gasteiger partial charge is 0.324 e. The molecule has 0 heterocycles. The van der Waals surface area contributed by atoms with Gasteiger partial charge in [0.1, 0.15) is 0 Å². The lowest BCUT2D eigenvalue weighted by Crippen LogP contribution is -2.16. The van der Waals surface area contributed by atoms with Gasteiger partial charge in [0.25, 0.3) is 0 Å². The summed E-state index contributed by atoms with van der Waals surface area (Å²) in [6, 6.07) is 6.42. The van der Waals surface area contributed by atoms with Crippen LogP contribution in [-0.2, 0) is 0 Å². The fourth-order valence-corrected chi connectivity index (χ4v) is 1.84. The highest BCUT2D eigenvalue weighted by molar-refractivity contribution is 14.1. The van der Waals surface area contributed by atoms with Crippen LogP contribution < -0.4 is 5.73 Å². The lowest BCUT2D eigenvalue weighted by Gasteiger charge is -2.16. The number of hydrogen-bond donors (Lipinski definition) is 1. The third-order valence-corrected chi connectivity index (χ3v) is 4.38. The molecule has 1 nitrogen and oxygen atoms in total. The van der Waals surface area contributed by atoms with Crippen molar-refractivity contribution in [1.82, 2.24) is 0 Å². The quantitative estimate of drug-likeness (QED) is 0.806. The lowest BCUT2D eigenvalue weighted by molar-refractivity contribution is 0.514. The van der Waals surface area contributed by atoms with Crippen molar-refractivity contribution in [2.75, 3.05) is 0 Å². The molecule has 0 aliphatic heterocycles. The van der Waals surface area contributed by atoms with Crippen LogP contribution >= 0.6 is 38.5 Å². The van der Waals surface area contributed by atoms with Crippen molar-refractivity contribution in [3.8, 4) is 0 Å². The Morgan fingerprint density at radius 3 is 2.46 bits per heavy atom. The van der Waals surface area contributed by atoms with E-state index in [0.29, 0.717) is 5.92 Å². The van der Waals surface area contributed by atoms with E-state index in [1.165, 1.54) is 9.13 Å². The van der Waals surface area contributed by atoms with E-state index in [-0.39, 0.29) is 6.04 Å². The molecular formula is C10H13BrIN. The van der Waals surface area contributed by atoms with Crippen molar-refractivity contribution in [3.05, 3.63) is 31.8 Å². The highest BCUT2D eigenvalue weighted by Gasteiger charge is 2.10. The zero-order valence-electron chi connectivity index (χ0n) is 7.72. The van der Waals surface area contributed by atoms with E-state index in [9.17, 15) is 0 Å². The molecule has 1 aromatic rings. The molecule has 1 atom stereocenters. The zero-order chi connectivity index (χ0) is 10.0. The second kappa shape index (κ2) is 4.75. The van der Waals surface area contributed by atoms with Gasteiger partial charge in [-0.25, -0.2) is 0 Å². The minimum Gasteiger partial charge on any atom is -0.324 e. The Bertz CT molecular complexity index is 299. The average molecular weight is 354 g/mol. The normalized spacial score (nSPS) is 13.4. The summed E-state index contributed by atoms with van der Waals surface area (Å²) in [4.78, 5) is 0. The van der Waals surface area contributed by atoms with E-state index in [1.807, 2.05) is 0 Å².